The first-order valence-electron chi connectivity index (χ1n) is 4.20. The number of rotatable bonds is 2. The van der Waals surface area contributed by atoms with Crippen molar-refractivity contribution in [3.05, 3.63) is 22.9 Å². The van der Waals surface area contributed by atoms with Gasteiger partial charge < -0.3 is 0 Å². The largest absolute Gasteiger partial charge is 0.336 e. The molecule has 0 atom stereocenters. The lowest BCUT2D eigenvalue weighted by Crippen LogP contribution is -2.27. The van der Waals surface area contributed by atoms with E-state index in [1.54, 1.807) is 18.5 Å². The summed E-state index contributed by atoms with van der Waals surface area (Å²) in [6.07, 6.45) is 3.21. The zero-order valence-electron chi connectivity index (χ0n) is 7.56. The van der Waals surface area contributed by atoms with Gasteiger partial charge in [-0.25, -0.2) is 9.10 Å². The Bertz CT molecular complexity index is 392. The van der Waals surface area contributed by atoms with Gasteiger partial charge in [-0.3, -0.25) is 9.88 Å². The van der Waals surface area contributed by atoms with Gasteiger partial charge in [0.2, 0.25) is 0 Å². The summed E-state index contributed by atoms with van der Waals surface area (Å²) >= 11 is 3.22. The summed E-state index contributed by atoms with van der Waals surface area (Å²) in [5, 5.41) is 0. The van der Waals surface area contributed by atoms with Crippen LogP contribution in [0, 0.1) is 0 Å². The van der Waals surface area contributed by atoms with Crippen molar-refractivity contribution in [1.82, 2.24) is 9.29 Å². The summed E-state index contributed by atoms with van der Waals surface area (Å²) in [6, 6.07) is 1.43. The number of hydrogen-bond acceptors (Lipinski definition) is 3. The van der Waals surface area contributed by atoms with E-state index in [0.717, 1.165) is 8.78 Å². The molecule has 2 rings (SSSR count). The summed E-state index contributed by atoms with van der Waals surface area (Å²) < 4.78 is 14.1. The number of carbonyl (C=O) groups excluding carboxylic acids is 1. The number of carbonyl (C=O) groups is 1. The number of nitrogens with zero attached hydrogens (tertiary/aromatic N) is 3. The van der Waals surface area contributed by atoms with Crippen molar-refractivity contribution >= 4 is 40.0 Å². The molecular formula is C8H7BrFN3OS. The molecule has 2 heterocycles. The van der Waals surface area contributed by atoms with Crippen LogP contribution in [0.3, 0.4) is 0 Å². The summed E-state index contributed by atoms with van der Waals surface area (Å²) in [4.78, 5) is 17.0. The maximum absolute atomic E-state index is 12.3. The van der Waals surface area contributed by atoms with Gasteiger partial charge >= 0.3 is 6.03 Å². The first-order valence-corrected chi connectivity index (χ1v) is 5.67. The standard InChI is InChI=1S/C8H7BrFN3OS/c9-6-3-7(5-11-4-6)12-1-2-13(15-10)8(12)14/h3-5H,1-2H2. The highest BCUT2D eigenvalue weighted by atomic mass is 79.9. The minimum atomic E-state index is -0.345. The summed E-state index contributed by atoms with van der Waals surface area (Å²) in [5.41, 5.74) is 0.672. The molecule has 80 valence electrons. The number of pyridine rings is 1. The first-order chi connectivity index (χ1) is 7.22. The molecule has 1 fully saturated rings. The lowest BCUT2D eigenvalue weighted by Gasteiger charge is -2.15. The van der Waals surface area contributed by atoms with Crippen molar-refractivity contribution in [2.45, 2.75) is 0 Å². The zero-order valence-corrected chi connectivity index (χ0v) is 9.96. The Morgan fingerprint density at radius 1 is 1.47 bits per heavy atom. The van der Waals surface area contributed by atoms with Crippen LogP contribution in [0.2, 0.25) is 0 Å². The third-order valence-electron chi connectivity index (χ3n) is 2.06. The number of urea groups is 1. The second-order valence-electron chi connectivity index (χ2n) is 2.97. The van der Waals surface area contributed by atoms with Crippen LogP contribution in [0.25, 0.3) is 0 Å². The van der Waals surface area contributed by atoms with Crippen LogP contribution in [0.15, 0.2) is 22.9 Å². The zero-order chi connectivity index (χ0) is 10.8. The average molecular weight is 292 g/mol. The minimum Gasteiger partial charge on any atom is -0.290 e. The summed E-state index contributed by atoms with van der Waals surface area (Å²) in [5.74, 6) is 0. The minimum absolute atomic E-state index is 0.0469. The number of halogens is 2. The predicted molar refractivity (Wildman–Crippen MR) is 60.1 cm³/mol. The lowest BCUT2D eigenvalue weighted by molar-refractivity contribution is 0.241. The van der Waals surface area contributed by atoms with E-state index in [0.29, 0.717) is 18.8 Å². The van der Waals surface area contributed by atoms with E-state index in [4.69, 9.17) is 0 Å². The molecule has 0 unspecified atom stereocenters. The molecule has 7 heteroatoms. The third kappa shape index (κ3) is 2.07. The van der Waals surface area contributed by atoms with E-state index in [1.165, 1.54) is 4.90 Å². The molecule has 1 aromatic heterocycles. The quantitative estimate of drug-likeness (QED) is 0.786. The molecule has 0 aromatic carbocycles. The van der Waals surface area contributed by atoms with E-state index in [-0.39, 0.29) is 18.4 Å². The van der Waals surface area contributed by atoms with E-state index < -0.39 is 0 Å². The first kappa shape index (κ1) is 10.7. The Hall–Kier alpha value is -0.820. The number of amides is 2. The highest BCUT2D eigenvalue weighted by molar-refractivity contribution is 9.10. The number of anilines is 1. The van der Waals surface area contributed by atoms with Crippen molar-refractivity contribution in [1.29, 1.82) is 0 Å². The van der Waals surface area contributed by atoms with Gasteiger partial charge in [-0.05, 0) is 22.0 Å². The fourth-order valence-corrected chi connectivity index (χ4v) is 2.03. The van der Waals surface area contributed by atoms with Crippen molar-refractivity contribution in [2.24, 2.45) is 0 Å². The molecule has 0 aliphatic carbocycles. The molecule has 1 aromatic rings. The van der Waals surface area contributed by atoms with Gasteiger partial charge in [0.25, 0.3) is 0 Å². The Labute approximate surface area is 99.0 Å². The van der Waals surface area contributed by atoms with Gasteiger partial charge in [-0.1, -0.05) is 0 Å². The Morgan fingerprint density at radius 2 is 2.27 bits per heavy atom. The van der Waals surface area contributed by atoms with E-state index in [1.807, 2.05) is 0 Å². The van der Waals surface area contributed by atoms with Crippen LogP contribution in [-0.4, -0.2) is 28.4 Å². The Morgan fingerprint density at radius 3 is 2.87 bits per heavy atom. The van der Waals surface area contributed by atoms with Crippen LogP contribution < -0.4 is 4.90 Å². The Balaban J connectivity index is 2.22. The van der Waals surface area contributed by atoms with E-state index >= 15 is 0 Å². The fourth-order valence-electron chi connectivity index (χ4n) is 1.37. The molecule has 0 N–H and O–H groups in total. The normalized spacial score (nSPS) is 16.3. The van der Waals surface area contributed by atoms with Gasteiger partial charge in [-0.15, -0.1) is 3.89 Å². The molecule has 1 aliphatic rings. The molecule has 2 amide bonds. The van der Waals surface area contributed by atoms with Crippen LogP contribution in [0.5, 0.6) is 0 Å². The van der Waals surface area contributed by atoms with Crippen molar-refractivity contribution in [3.63, 3.8) is 0 Å². The molecule has 0 radical (unpaired) electrons. The van der Waals surface area contributed by atoms with Crippen LogP contribution in [0.4, 0.5) is 14.4 Å². The third-order valence-corrected chi connectivity index (χ3v) is 3.00. The summed E-state index contributed by atoms with van der Waals surface area (Å²) in [7, 11) is 0. The molecule has 1 saturated heterocycles. The van der Waals surface area contributed by atoms with Crippen molar-refractivity contribution in [2.75, 3.05) is 18.0 Å². The number of aromatic nitrogens is 1. The van der Waals surface area contributed by atoms with Crippen LogP contribution in [-0.2, 0) is 0 Å². The fraction of sp³-hybridized carbons (Fsp3) is 0.250. The average Bonchev–Trinajstić information content (AvgIpc) is 2.59. The molecule has 0 spiro atoms. The number of hydrogen-bond donors (Lipinski definition) is 0. The summed E-state index contributed by atoms with van der Waals surface area (Å²) in [6.45, 7) is 0.862. The van der Waals surface area contributed by atoms with Gasteiger partial charge in [0.1, 0.15) is 0 Å². The molecule has 4 nitrogen and oxygen atoms in total. The van der Waals surface area contributed by atoms with E-state index in [9.17, 15) is 8.68 Å². The second-order valence-corrected chi connectivity index (χ2v) is 4.46. The van der Waals surface area contributed by atoms with Gasteiger partial charge in [0.15, 0.2) is 12.3 Å². The molecule has 0 bridgehead atoms. The molecule has 1 aliphatic heterocycles. The highest BCUT2D eigenvalue weighted by Gasteiger charge is 2.30. The maximum atomic E-state index is 12.3. The maximum Gasteiger partial charge on any atom is 0.336 e. The van der Waals surface area contributed by atoms with Crippen molar-refractivity contribution in [3.8, 4) is 0 Å². The van der Waals surface area contributed by atoms with Gasteiger partial charge in [0.05, 0.1) is 18.4 Å². The molecular weight excluding hydrogens is 285 g/mol. The van der Waals surface area contributed by atoms with E-state index in [2.05, 4.69) is 20.9 Å². The molecule has 15 heavy (non-hydrogen) atoms. The van der Waals surface area contributed by atoms with Gasteiger partial charge in [-0.2, -0.15) is 0 Å². The van der Waals surface area contributed by atoms with Crippen LogP contribution >= 0.6 is 28.3 Å². The van der Waals surface area contributed by atoms with Crippen molar-refractivity contribution < 1.29 is 8.68 Å². The van der Waals surface area contributed by atoms with Gasteiger partial charge in [0, 0.05) is 17.2 Å². The highest BCUT2D eigenvalue weighted by Crippen LogP contribution is 2.26. The lowest BCUT2D eigenvalue weighted by atomic mass is 10.4. The Kier molecular flexibility index (Phi) is 3.11. The predicted octanol–water partition coefficient (Wildman–Crippen LogP) is 2.62. The monoisotopic (exact) mass is 291 g/mol. The smallest absolute Gasteiger partial charge is 0.290 e. The second kappa shape index (κ2) is 4.36. The molecule has 0 saturated carbocycles. The van der Waals surface area contributed by atoms with Crippen LogP contribution in [0.1, 0.15) is 0 Å². The topological polar surface area (TPSA) is 36.4 Å². The SMILES string of the molecule is O=C1N(SF)CCN1c1cncc(Br)c1.